The molecule has 2 nitrogen and oxygen atoms in total. The average Bonchev–Trinajstić information content (AvgIpc) is 2.23. The molecule has 1 aromatic carbocycles. The summed E-state index contributed by atoms with van der Waals surface area (Å²) in [4.78, 5) is 0. The van der Waals surface area contributed by atoms with Crippen LogP contribution in [0.25, 0.3) is 0 Å². The monoisotopic (exact) mass is 304 g/mol. The molecule has 0 N–H and O–H groups in total. The van der Waals surface area contributed by atoms with Gasteiger partial charge in [0, 0.05) is 18.2 Å². The molecule has 0 radical (unpaired) electrons. The smallest absolute Gasteiger partial charge is 0.124 e. The van der Waals surface area contributed by atoms with Gasteiger partial charge in [-0.15, -0.1) is 0 Å². The van der Waals surface area contributed by atoms with E-state index in [1.807, 2.05) is 19.9 Å². The molecule has 0 saturated heterocycles. The van der Waals surface area contributed by atoms with Gasteiger partial charge in [-0.3, -0.25) is 0 Å². The first-order valence-electron chi connectivity index (χ1n) is 5.51. The molecule has 0 bridgehead atoms. The van der Waals surface area contributed by atoms with E-state index in [0.29, 0.717) is 13.2 Å². The number of rotatable bonds is 6. The summed E-state index contributed by atoms with van der Waals surface area (Å²) in [6.07, 6.45) is 0.806. The Hall–Kier alpha value is -0.450. The van der Waals surface area contributed by atoms with Gasteiger partial charge in [-0.2, -0.15) is 0 Å². The van der Waals surface area contributed by atoms with Crippen molar-refractivity contribution in [3.8, 4) is 0 Å². The van der Waals surface area contributed by atoms with E-state index in [1.54, 1.807) is 7.11 Å². The highest BCUT2D eigenvalue weighted by Crippen LogP contribution is 2.17. The third kappa shape index (κ3) is 5.61. The Balaban J connectivity index is 2.36. The van der Waals surface area contributed by atoms with Gasteiger partial charge in [0.2, 0.25) is 0 Å². The van der Waals surface area contributed by atoms with Crippen LogP contribution < -0.4 is 0 Å². The lowest BCUT2D eigenvalue weighted by molar-refractivity contribution is -0.0124. The summed E-state index contributed by atoms with van der Waals surface area (Å²) in [7, 11) is 1.68. The van der Waals surface area contributed by atoms with Crippen molar-refractivity contribution in [1.82, 2.24) is 0 Å². The van der Waals surface area contributed by atoms with Crippen molar-refractivity contribution in [2.45, 2.75) is 32.5 Å². The fraction of sp³-hybridized carbons (Fsp3) is 0.538. The van der Waals surface area contributed by atoms with Crippen LogP contribution in [-0.2, 0) is 16.1 Å². The third-order valence-corrected chi connectivity index (χ3v) is 3.05. The van der Waals surface area contributed by atoms with Crippen molar-refractivity contribution in [2.24, 2.45) is 0 Å². The molecule has 0 aliphatic heterocycles. The first-order chi connectivity index (χ1) is 7.93. The summed E-state index contributed by atoms with van der Waals surface area (Å²) in [6.45, 7) is 5.02. The van der Waals surface area contributed by atoms with Crippen molar-refractivity contribution < 1.29 is 13.9 Å². The molecule has 0 fully saturated rings. The van der Waals surface area contributed by atoms with Gasteiger partial charge in [-0.25, -0.2) is 4.39 Å². The minimum atomic E-state index is -0.254. The van der Waals surface area contributed by atoms with Gasteiger partial charge in [0.25, 0.3) is 0 Å². The van der Waals surface area contributed by atoms with Crippen molar-refractivity contribution in [2.75, 3.05) is 13.7 Å². The fourth-order valence-corrected chi connectivity index (χ4v) is 1.82. The molecule has 0 saturated carbocycles. The molecule has 0 unspecified atom stereocenters. The molecule has 0 aromatic heterocycles. The Labute approximate surface area is 110 Å². The fourth-order valence-electron chi connectivity index (χ4n) is 1.30. The molecule has 0 aliphatic rings. The van der Waals surface area contributed by atoms with Crippen LogP contribution in [-0.4, -0.2) is 19.3 Å². The molecule has 1 aromatic rings. The molecule has 0 aliphatic carbocycles. The molecule has 17 heavy (non-hydrogen) atoms. The first kappa shape index (κ1) is 14.6. The van der Waals surface area contributed by atoms with E-state index in [2.05, 4.69) is 15.9 Å². The van der Waals surface area contributed by atoms with Crippen LogP contribution in [0.4, 0.5) is 4.39 Å². The molecular weight excluding hydrogens is 287 g/mol. The largest absolute Gasteiger partial charge is 0.379 e. The van der Waals surface area contributed by atoms with Crippen LogP contribution in [0.5, 0.6) is 0 Å². The summed E-state index contributed by atoms with van der Waals surface area (Å²) in [5.41, 5.74) is 0.648. The molecule has 0 heterocycles. The number of hydrogen-bond acceptors (Lipinski definition) is 2. The minimum Gasteiger partial charge on any atom is -0.379 e. The zero-order valence-corrected chi connectivity index (χ0v) is 12.0. The van der Waals surface area contributed by atoms with Crippen LogP contribution in [0.3, 0.4) is 0 Å². The summed E-state index contributed by atoms with van der Waals surface area (Å²) in [5.74, 6) is -0.254. The maximum absolute atomic E-state index is 13.1. The van der Waals surface area contributed by atoms with Gasteiger partial charge in [0.15, 0.2) is 0 Å². The lowest BCUT2D eigenvalue weighted by atomic mass is 10.1. The Morgan fingerprint density at radius 3 is 2.59 bits per heavy atom. The summed E-state index contributed by atoms with van der Waals surface area (Å²) in [5, 5.41) is 0. The second-order valence-electron chi connectivity index (χ2n) is 4.54. The van der Waals surface area contributed by atoms with Gasteiger partial charge in [-0.05, 0) is 44.0 Å². The third-order valence-electron chi connectivity index (χ3n) is 2.59. The Kier molecular flexibility index (Phi) is 5.56. The molecular formula is C13H18BrFO2. The maximum atomic E-state index is 13.1. The van der Waals surface area contributed by atoms with E-state index in [1.165, 1.54) is 12.1 Å². The summed E-state index contributed by atoms with van der Waals surface area (Å²) in [6, 6.07) is 4.76. The predicted molar refractivity (Wildman–Crippen MR) is 69.5 cm³/mol. The van der Waals surface area contributed by atoms with Crippen molar-refractivity contribution in [3.63, 3.8) is 0 Å². The van der Waals surface area contributed by atoms with Gasteiger partial charge >= 0.3 is 0 Å². The minimum absolute atomic E-state index is 0.178. The lowest BCUT2D eigenvalue weighted by Gasteiger charge is -2.22. The Morgan fingerprint density at radius 2 is 2.00 bits per heavy atom. The molecule has 4 heteroatoms. The standard InChI is InChI=1S/C13H18BrFO2/c1-13(2,16-3)4-5-17-9-10-6-11(14)8-12(15)7-10/h6-8H,4-5,9H2,1-3H3. The highest BCUT2D eigenvalue weighted by Gasteiger charge is 2.15. The van der Waals surface area contributed by atoms with Gasteiger partial charge in [-0.1, -0.05) is 15.9 Å². The average molecular weight is 305 g/mol. The quantitative estimate of drug-likeness (QED) is 0.742. The molecule has 0 atom stereocenters. The zero-order chi connectivity index (χ0) is 12.9. The number of methoxy groups -OCH3 is 1. The van der Waals surface area contributed by atoms with Crippen LogP contribution in [0, 0.1) is 5.82 Å². The van der Waals surface area contributed by atoms with E-state index >= 15 is 0 Å². The van der Waals surface area contributed by atoms with Gasteiger partial charge < -0.3 is 9.47 Å². The number of hydrogen-bond donors (Lipinski definition) is 0. The second-order valence-corrected chi connectivity index (χ2v) is 5.46. The van der Waals surface area contributed by atoms with Crippen molar-refractivity contribution in [1.29, 1.82) is 0 Å². The first-order valence-corrected chi connectivity index (χ1v) is 6.30. The van der Waals surface area contributed by atoms with E-state index in [9.17, 15) is 4.39 Å². The number of halogens is 2. The Bertz CT molecular complexity index is 346. The predicted octanol–water partition coefficient (Wildman–Crippen LogP) is 3.92. The second kappa shape index (κ2) is 6.47. The zero-order valence-electron chi connectivity index (χ0n) is 10.4. The molecule has 0 spiro atoms. The summed E-state index contributed by atoms with van der Waals surface area (Å²) >= 11 is 3.25. The number of ether oxygens (including phenoxy) is 2. The van der Waals surface area contributed by atoms with E-state index in [4.69, 9.17) is 9.47 Å². The van der Waals surface area contributed by atoms with E-state index in [-0.39, 0.29) is 11.4 Å². The van der Waals surface area contributed by atoms with Crippen LogP contribution in [0.1, 0.15) is 25.8 Å². The van der Waals surface area contributed by atoms with Crippen molar-refractivity contribution in [3.05, 3.63) is 34.1 Å². The Morgan fingerprint density at radius 1 is 1.29 bits per heavy atom. The lowest BCUT2D eigenvalue weighted by Crippen LogP contribution is -2.24. The highest BCUT2D eigenvalue weighted by atomic mass is 79.9. The summed E-state index contributed by atoms with van der Waals surface area (Å²) < 4.78 is 24.6. The van der Waals surface area contributed by atoms with E-state index in [0.717, 1.165) is 16.5 Å². The van der Waals surface area contributed by atoms with Crippen LogP contribution >= 0.6 is 15.9 Å². The number of benzene rings is 1. The SMILES string of the molecule is COC(C)(C)CCOCc1cc(F)cc(Br)c1. The van der Waals surface area contributed by atoms with Crippen molar-refractivity contribution >= 4 is 15.9 Å². The van der Waals surface area contributed by atoms with Gasteiger partial charge in [0.05, 0.1) is 12.2 Å². The molecule has 0 amide bonds. The molecule has 1 rings (SSSR count). The van der Waals surface area contributed by atoms with Crippen LogP contribution in [0.2, 0.25) is 0 Å². The topological polar surface area (TPSA) is 18.5 Å². The molecule has 96 valence electrons. The van der Waals surface area contributed by atoms with Gasteiger partial charge in [0.1, 0.15) is 5.82 Å². The maximum Gasteiger partial charge on any atom is 0.124 e. The normalized spacial score (nSPS) is 11.8. The van der Waals surface area contributed by atoms with Crippen LogP contribution in [0.15, 0.2) is 22.7 Å². The van der Waals surface area contributed by atoms with E-state index < -0.39 is 0 Å². The highest BCUT2D eigenvalue weighted by molar-refractivity contribution is 9.10.